The van der Waals surface area contributed by atoms with Crippen molar-refractivity contribution < 1.29 is 0 Å². The van der Waals surface area contributed by atoms with Gasteiger partial charge in [0.15, 0.2) is 0 Å². The van der Waals surface area contributed by atoms with Crippen LogP contribution in [0, 0.1) is 5.92 Å². The lowest BCUT2D eigenvalue weighted by atomic mass is 10.2. The molecule has 0 saturated carbocycles. The molecule has 0 spiro atoms. The lowest BCUT2D eigenvalue weighted by molar-refractivity contribution is 0.772. The lowest BCUT2D eigenvalue weighted by Gasteiger charge is -2.18. The van der Waals surface area contributed by atoms with E-state index in [1.54, 1.807) is 6.07 Å². The Hall–Kier alpha value is -1.19. The molecule has 0 aliphatic carbocycles. The summed E-state index contributed by atoms with van der Waals surface area (Å²) in [5, 5.41) is 3.12. The van der Waals surface area contributed by atoms with Crippen LogP contribution in [0.1, 0.15) is 88.5 Å². The number of benzene rings is 1. The van der Waals surface area contributed by atoms with Gasteiger partial charge < -0.3 is 0 Å². The fourth-order valence-corrected chi connectivity index (χ4v) is 2.46. The molecule has 1 saturated heterocycles. The predicted octanol–water partition coefficient (Wildman–Crippen LogP) is 9.16. The number of rotatable bonds is 4. The molecule has 29 heavy (non-hydrogen) atoms. The third-order valence-corrected chi connectivity index (χ3v) is 4.15. The molecule has 170 valence electrons. The van der Waals surface area contributed by atoms with E-state index in [1.807, 2.05) is 65.6 Å². The fraction of sp³-hybridized carbons (Fsp3) is 0.625. The largest absolute Gasteiger partial charge is 0.286 e. The van der Waals surface area contributed by atoms with Gasteiger partial charge >= 0.3 is 0 Å². The number of nitrogens with one attached hydrogen (secondary N) is 1. The first-order valence-electron chi connectivity index (χ1n) is 11.1. The van der Waals surface area contributed by atoms with Crippen LogP contribution in [0.15, 0.2) is 35.5 Å². The summed E-state index contributed by atoms with van der Waals surface area (Å²) in [6.45, 7) is 25.0. The van der Waals surface area contributed by atoms with Gasteiger partial charge in [-0.1, -0.05) is 111 Å². The molecule has 1 heterocycles. The normalized spacial score (nSPS) is 15.2. The molecule has 3 nitrogen and oxygen atoms in total. The molecule has 2 rings (SSSR count). The maximum atomic E-state index is 6.02. The Morgan fingerprint density at radius 2 is 1.59 bits per heavy atom. The molecule has 1 N–H and O–H groups in total. The van der Waals surface area contributed by atoms with Crippen LogP contribution in [0.25, 0.3) is 0 Å². The van der Waals surface area contributed by atoms with Crippen LogP contribution in [0.5, 0.6) is 0 Å². The summed E-state index contributed by atoms with van der Waals surface area (Å²) in [4.78, 5) is 4.38. The number of anilines is 1. The molecule has 1 fully saturated rings. The second-order valence-corrected chi connectivity index (χ2v) is 6.62. The quantitative estimate of drug-likeness (QED) is 0.499. The van der Waals surface area contributed by atoms with Gasteiger partial charge in [-0.3, -0.25) is 10.4 Å². The van der Waals surface area contributed by atoms with Gasteiger partial charge in [0.2, 0.25) is 0 Å². The number of hydrazine groups is 1. The van der Waals surface area contributed by atoms with E-state index in [0.717, 1.165) is 23.8 Å². The van der Waals surface area contributed by atoms with Gasteiger partial charge in [-0.2, -0.15) is 0 Å². The third kappa shape index (κ3) is 14.4. The highest BCUT2D eigenvalue weighted by Gasteiger charge is 2.25. The predicted molar refractivity (Wildman–Crippen MR) is 138 cm³/mol. The number of hydrogen-bond donors (Lipinski definition) is 1. The highest BCUT2D eigenvalue weighted by Crippen LogP contribution is 2.28. The van der Waals surface area contributed by atoms with Gasteiger partial charge in [0.05, 0.1) is 15.7 Å². The molecular weight excluding hydrogens is 401 g/mol. The minimum atomic E-state index is 0.330. The molecule has 1 aliphatic rings. The van der Waals surface area contributed by atoms with Crippen molar-refractivity contribution in [1.29, 1.82) is 0 Å². The molecule has 1 atom stereocenters. The summed E-state index contributed by atoms with van der Waals surface area (Å²) < 4.78 is 0. The molecule has 5 heteroatoms. The number of halogens is 2. The van der Waals surface area contributed by atoms with E-state index in [0.29, 0.717) is 16.0 Å². The van der Waals surface area contributed by atoms with E-state index in [4.69, 9.17) is 23.2 Å². The highest BCUT2D eigenvalue weighted by atomic mass is 35.5. The van der Waals surface area contributed by atoms with Crippen molar-refractivity contribution in [1.82, 2.24) is 5.43 Å². The average molecular weight is 447 g/mol. The molecule has 0 bridgehead atoms. The summed E-state index contributed by atoms with van der Waals surface area (Å²) in [5.74, 6) is 1.25. The van der Waals surface area contributed by atoms with Crippen molar-refractivity contribution in [2.75, 3.05) is 11.6 Å². The van der Waals surface area contributed by atoms with Gasteiger partial charge in [0.25, 0.3) is 0 Å². The smallest absolute Gasteiger partial charge is 0.125 e. The Morgan fingerprint density at radius 3 is 1.97 bits per heavy atom. The van der Waals surface area contributed by atoms with Crippen molar-refractivity contribution in [3.63, 3.8) is 0 Å². The maximum Gasteiger partial charge on any atom is 0.125 e. The fourth-order valence-electron chi connectivity index (χ4n) is 2.17. The van der Waals surface area contributed by atoms with Crippen LogP contribution in [0.3, 0.4) is 0 Å². The Labute approximate surface area is 191 Å². The number of unbranched alkanes of at least 4 members (excludes halogenated alkanes) is 2. The third-order valence-electron chi connectivity index (χ3n) is 3.41. The van der Waals surface area contributed by atoms with Crippen LogP contribution in [-0.4, -0.2) is 12.4 Å². The van der Waals surface area contributed by atoms with E-state index in [1.165, 1.54) is 19.3 Å². The molecular formula is C24H45Cl2N3. The van der Waals surface area contributed by atoms with E-state index in [-0.39, 0.29) is 0 Å². The van der Waals surface area contributed by atoms with Gasteiger partial charge in [0, 0.05) is 18.2 Å². The number of nitrogens with zero attached hydrogens (tertiary/aromatic N) is 2. The van der Waals surface area contributed by atoms with Crippen molar-refractivity contribution in [2.24, 2.45) is 10.9 Å². The Bertz CT molecular complexity index is 555. The van der Waals surface area contributed by atoms with Crippen LogP contribution in [0.4, 0.5) is 5.69 Å². The van der Waals surface area contributed by atoms with Crippen LogP contribution in [-0.2, 0) is 0 Å². The highest BCUT2D eigenvalue weighted by molar-refractivity contribution is 6.42. The van der Waals surface area contributed by atoms with Crippen LogP contribution >= 0.6 is 23.2 Å². The molecule has 1 aromatic rings. The zero-order valence-electron chi connectivity index (χ0n) is 20.5. The molecule has 0 unspecified atom stereocenters. The minimum Gasteiger partial charge on any atom is -0.286 e. The number of hydrogen-bond acceptors (Lipinski definition) is 2. The van der Waals surface area contributed by atoms with Crippen molar-refractivity contribution in [2.45, 2.75) is 88.5 Å². The van der Waals surface area contributed by atoms with Crippen LogP contribution in [0.2, 0.25) is 10.0 Å². The second-order valence-electron chi connectivity index (χ2n) is 5.81. The number of amidine groups is 1. The molecule has 0 radical (unpaired) electrons. The Kier molecular flexibility index (Phi) is 24.1. The first-order chi connectivity index (χ1) is 13.9. The van der Waals surface area contributed by atoms with Gasteiger partial charge in [-0.05, 0) is 25.1 Å². The van der Waals surface area contributed by atoms with Crippen molar-refractivity contribution >= 4 is 34.7 Å². The Balaban J connectivity index is -0.000000521. The van der Waals surface area contributed by atoms with Crippen LogP contribution < -0.4 is 10.4 Å². The van der Waals surface area contributed by atoms with Crippen molar-refractivity contribution in [3.8, 4) is 0 Å². The molecule has 0 amide bonds. The summed E-state index contributed by atoms with van der Waals surface area (Å²) in [6.07, 6.45) is 4.08. The average Bonchev–Trinajstić information content (AvgIpc) is 3.09. The first-order valence-corrected chi connectivity index (χ1v) is 11.9. The zero-order chi connectivity index (χ0) is 23.4. The van der Waals surface area contributed by atoms with E-state index in [2.05, 4.69) is 37.8 Å². The molecule has 1 aliphatic heterocycles. The molecule has 1 aromatic carbocycles. The summed E-state index contributed by atoms with van der Waals surface area (Å²) >= 11 is 11.9. The number of aliphatic imine (C=N–C) groups is 1. The minimum absolute atomic E-state index is 0.330. The molecule has 0 aromatic heterocycles. The first kappa shape index (κ1) is 32.5. The van der Waals surface area contributed by atoms with Gasteiger partial charge in [0.1, 0.15) is 5.84 Å². The topological polar surface area (TPSA) is 27.6 Å². The monoisotopic (exact) mass is 445 g/mol. The second kappa shape index (κ2) is 21.5. The SMILES string of the molecule is C=C(C)N=C1NN(c2ccc(Cl)c(Cl)c2)C[C@@H]1C.CC.CC.CC.CCCCC. The summed E-state index contributed by atoms with van der Waals surface area (Å²) in [6, 6.07) is 5.56. The van der Waals surface area contributed by atoms with Gasteiger partial charge in [-0.25, -0.2) is 4.99 Å². The summed E-state index contributed by atoms with van der Waals surface area (Å²) in [5.41, 5.74) is 5.02. The maximum absolute atomic E-state index is 6.02. The van der Waals surface area contributed by atoms with Crippen molar-refractivity contribution in [3.05, 3.63) is 40.5 Å². The standard InChI is InChI=1S/C13H15Cl2N3.C5H12.3C2H6/c1-8(2)16-13-9(3)7-18(17-13)10-4-5-11(14)12(15)6-10;1-3-5-4-2;3*1-2/h4-6,9H,1,7H2,2-3H3,(H,16,17);3-5H2,1-2H3;3*1-2H3/t9-;;;;/m0..../s1. The lowest BCUT2D eigenvalue weighted by Crippen LogP contribution is -2.33. The van der Waals surface area contributed by atoms with E-state index < -0.39 is 0 Å². The van der Waals surface area contributed by atoms with E-state index >= 15 is 0 Å². The number of allylic oxidation sites excluding steroid dienone is 1. The van der Waals surface area contributed by atoms with Gasteiger partial charge in [-0.15, -0.1) is 0 Å². The summed E-state index contributed by atoms with van der Waals surface area (Å²) in [7, 11) is 0. The Morgan fingerprint density at radius 1 is 1.07 bits per heavy atom. The van der Waals surface area contributed by atoms with E-state index in [9.17, 15) is 0 Å². The zero-order valence-corrected chi connectivity index (χ0v) is 22.0.